The third kappa shape index (κ3) is 4.22. The van der Waals surface area contributed by atoms with Crippen LogP contribution in [0.2, 0.25) is 0 Å². The highest BCUT2D eigenvalue weighted by molar-refractivity contribution is 5.73. The van der Waals surface area contributed by atoms with Crippen LogP contribution in [0.15, 0.2) is 43.0 Å². The first-order chi connectivity index (χ1) is 14.1. The fourth-order valence-corrected chi connectivity index (χ4v) is 3.48. The lowest BCUT2D eigenvalue weighted by Gasteiger charge is -2.14. The second-order valence-corrected chi connectivity index (χ2v) is 6.84. The van der Waals surface area contributed by atoms with Crippen molar-refractivity contribution in [2.24, 2.45) is 0 Å². The zero-order valence-electron chi connectivity index (χ0n) is 16.4. The zero-order valence-corrected chi connectivity index (χ0v) is 16.4. The van der Waals surface area contributed by atoms with Gasteiger partial charge in [0.1, 0.15) is 6.54 Å². The molecule has 1 aliphatic rings. The molecule has 8 nitrogen and oxygen atoms in total. The summed E-state index contributed by atoms with van der Waals surface area (Å²) in [7, 11) is 0. The van der Waals surface area contributed by atoms with Crippen molar-refractivity contribution in [2.45, 2.75) is 26.8 Å². The van der Waals surface area contributed by atoms with Gasteiger partial charge >= 0.3 is 5.97 Å². The zero-order chi connectivity index (χ0) is 20.2. The van der Waals surface area contributed by atoms with Gasteiger partial charge in [0.2, 0.25) is 5.88 Å². The van der Waals surface area contributed by atoms with Gasteiger partial charge in [-0.3, -0.25) is 14.6 Å². The van der Waals surface area contributed by atoms with Crippen molar-refractivity contribution in [3.05, 3.63) is 59.9 Å². The second-order valence-electron chi connectivity index (χ2n) is 6.84. The number of carbonyl (C=O) groups is 1. The van der Waals surface area contributed by atoms with Gasteiger partial charge in [0, 0.05) is 48.0 Å². The Hall–Kier alpha value is -3.39. The molecule has 3 aromatic heterocycles. The Balaban J connectivity index is 1.44. The summed E-state index contributed by atoms with van der Waals surface area (Å²) in [5, 5.41) is 7.85. The summed E-state index contributed by atoms with van der Waals surface area (Å²) in [4.78, 5) is 24.9. The van der Waals surface area contributed by atoms with Crippen LogP contribution in [0.1, 0.15) is 23.4 Å². The average molecular weight is 390 g/mol. The van der Waals surface area contributed by atoms with Crippen molar-refractivity contribution in [3.63, 3.8) is 0 Å². The molecule has 8 heteroatoms. The van der Waals surface area contributed by atoms with Crippen LogP contribution in [0.4, 0.5) is 0 Å². The van der Waals surface area contributed by atoms with Crippen LogP contribution in [-0.2, 0) is 11.3 Å². The monoisotopic (exact) mass is 390 g/mol. The van der Waals surface area contributed by atoms with Gasteiger partial charge in [0.25, 0.3) is 0 Å². The summed E-state index contributed by atoms with van der Waals surface area (Å²) in [5.41, 5.74) is 5.82. The lowest BCUT2D eigenvalue weighted by Crippen LogP contribution is -2.20. The molecule has 29 heavy (non-hydrogen) atoms. The van der Waals surface area contributed by atoms with Gasteiger partial charge in [-0.1, -0.05) is 6.08 Å². The Morgan fingerprint density at radius 1 is 1.21 bits per heavy atom. The number of pyridine rings is 1. The predicted molar refractivity (Wildman–Crippen MR) is 108 cm³/mol. The van der Waals surface area contributed by atoms with Gasteiger partial charge in [0.15, 0.2) is 0 Å². The Morgan fingerprint density at radius 2 is 2.10 bits per heavy atom. The predicted octanol–water partition coefficient (Wildman–Crippen LogP) is 2.33. The van der Waals surface area contributed by atoms with Gasteiger partial charge in [-0.2, -0.15) is 5.10 Å². The van der Waals surface area contributed by atoms with Crippen LogP contribution in [0.3, 0.4) is 0 Å². The lowest BCUT2D eigenvalue weighted by molar-refractivity contribution is -0.135. The smallest absolute Gasteiger partial charge is 0.334 e. The molecule has 0 radical (unpaired) electrons. The molecule has 0 saturated heterocycles. The number of carbonyl (C=O) groups excluding carboxylic acids is 1. The number of nitrogens with one attached hydrogen (secondary N) is 1. The van der Waals surface area contributed by atoms with Gasteiger partial charge in [0.05, 0.1) is 17.6 Å². The standard InChI is InChI=1S/C21H22N6O2/c1-14-21(16-5-7-22-8-6-16)15(2)27(26-14)13-20(28)29-19-4-3-17(11-25-19)18-12-23-9-10-24-18/h3-5,9-12,22H,6-8,13H2,1-2H3. The van der Waals surface area contributed by atoms with Crippen molar-refractivity contribution in [2.75, 3.05) is 13.1 Å². The van der Waals surface area contributed by atoms with Crippen molar-refractivity contribution >= 4 is 11.5 Å². The van der Waals surface area contributed by atoms with Crippen LogP contribution >= 0.6 is 0 Å². The van der Waals surface area contributed by atoms with E-state index in [0.717, 1.165) is 42.0 Å². The van der Waals surface area contributed by atoms with E-state index < -0.39 is 5.97 Å². The summed E-state index contributed by atoms with van der Waals surface area (Å²) in [5.74, 6) is -0.174. The van der Waals surface area contributed by atoms with Gasteiger partial charge in [-0.05, 0) is 38.5 Å². The van der Waals surface area contributed by atoms with E-state index in [4.69, 9.17) is 4.74 Å². The molecule has 0 spiro atoms. The molecule has 0 amide bonds. The number of aryl methyl sites for hydroxylation is 1. The van der Waals surface area contributed by atoms with Crippen LogP contribution in [0, 0.1) is 13.8 Å². The molecule has 1 aliphatic heterocycles. The number of esters is 1. The van der Waals surface area contributed by atoms with E-state index >= 15 is 0 Å². The number of hydrogen-bond acceptors (Lipinski definition) is 7. The highest BCUT2D eigenvalue weighted by Crippen LogP contribution is 2.26. The molecule has 0 aromatic carbocycles. The summed E-state index contributed by atoms with van der Waals surface area (Å²) < 4.78 is 7.09. The first kappa shape index (κ1) is 18.9. The second kappa shape index (κ2) is 8.32. The van der Waals surface area contributed by atoms with E-state index in [-0.39, 0.29) is 12.4 Å². The van der Waals surface area contributed by atoms with E-state index in [2.05, 4.69) is 31.4 Å². The molecule has 148 valence electrons. The lowest BCUT2D eigenvalue weighted by atomic mass is 9.98. The third-order valence-corrected chi connectivity index (χ3v) is 4.86. The quantitative estimate of drug-likeness (QED) is 0.668. The number of aromatic nitrogens is 5. The van der Waals surface area contributed by atoms with Gasteiger partial charge in [-0.25, -0.2) is 9.78 Å². The number of rotatable bonds is 5. The van der Waals surface area contributed by atoms with Crippen molar-refractivity contribution in [1.29, 1.82) is 0 Å². The van der Waals surface area contributed by atoms with E-state index in [0.29, 0.717) is 5.69 Å². The van der Waals surface area contributed by atoms with Crippen LogP contribution in [-0.4, -0.2) is 43.8 Å². The Labute approximate surface area is 168 Å². The Kier molecular flexibility index (Phi) is 5.44. The third-order valence-electron chi connectivity index (χ3n) is 4.86. The molecule has 3 aromatic rings. The van der Waals surface area contributed by atoms with E-state index in [1.807, 2.05) is 13.8 Å². The topological polar surface area (TPSA) is 94.8 Å². The largest absolute Gasteiger partial charge is 0.406 e. The SMILES string of the molecule is Cc1nn(CC(=O)Oc2ccc(-c3cnccn3)cn2)c(C)c1C1=CCNCC1. The van der Waals surface area contributed by atoms with Gasteiger partial charge < -0.3 is 10.1 Å². The maximum Gasteiger partial charge on any atom is 0.334 e. The van der Waals surface area contributed by atoms with Crippen molar-refractivity contribution in [3.8, 4) is 17.1 Å². The average Bonchev–Trinajstić information content (AvgIpc) is 3.02. The Morgan fingerprint density at radius 3 is 2.79 bits per heavy atom. The van der Waals surface area contributed by atoms with E-state index in [9.17, 15) is 4.79 Å². The minimum atomic E-state index is -0.416. The maximum absolute atomic E-state index is 12.4. The molecule has 1 N–H and O–H groups in total. The first-order valence-corrected chi connectivity index (χ1v) is 9.49. The molecule has 0 bridgehead atoms. The molecule has 4 heterocycles. The van der Waals surface area contributed by atoms with E-state index in [1.54, 1.807) is 41.6 Å². The highest BCUT2D eigenvalue weighted by atomic mass is 16.5. The van der Waals surface area contributed by atoms with Crippen LogP contribution in [0.25, 0.3) is 16.8 Å². The van der Waals surface area contributed by atoms with E-state index in [1.165, 1.54) is 5.57 Å². The number of hydrogen-bond donors (Lipinski definition) is 1. The van der Waals surface area contributed by atoms with Crippen LogP contribution in [0.5, 0.6) is 5.88 Å². The summed E-state index contributed by atoms with van der Waals surface area (Å²) in [6.45, 7) is 5.80. The molecule has 0 saturated carbocycles. The molecular weight excluding hydrogens is 368 g/mol. The number of nitrogens with zero attached hydrogens (tertiary/aromatic N) is 5. The first-order valence-electron chi connectivity index (χ1n) is 9.49. The van der Waals surface area contributed by atoms with Crippen LogP contribution < -0.4 is 10.1 Å². The Bertz CT molecular complexity index is 1040. The fourth-order valence-electron chi connectivity index (χ4n) is 3.48. The summed E-state index contributed by atoms with van der Waals surface area (Å²) >= 11 is 0. The normalized spacial score (nSPS) is 13.8. The maximum atomic E-state index is 12.4. The molecule has 0 fully saturated rings. The van der Waals surface area contributed by atoms with Gasteiger partial charge in [-0.15, -0.1) is 0 Å². The number of ether oxygens (including phenoxy) is 1. The van der Waals surface area contributed by atoms with Crippen molar-refractivity contribution in [1.82, 2.24) is 30.0 Å². The summed E-state index contributed by atoms with van der Waals surface area (Å²) in [6.07, 6.45) is 9.63. The minimum Gasteiger partial charge on any atom is -0.406 e. The molecule has 0 unspecified atom stereocenters. The molecule has 0 aliphatic carbocycles. The molecular formula is C21H22N6O2. The van der Waals surface area contributed by atoms with Crippen molar-refractivity contribution < 1.29 is 9.53 Å². The fraction of sp³-hybridized carbons (Fsp3) is 0.286. The summed E-state index contributed by atoms with van der Waals surface area (Å²) in [6, 6.07) is 3.44. The minimum absolute atomic E-state index is 0.0335. The molecule has 4 rings (SSSR count). The molecule has 0 atom stereocenters. The highest BCUT2D eigenvalue weighted by Gasteiger charge is 2.19.